The van der Waals surface area contributed by atoms with E-state index >= 15 is 0 Å². The van der Waals surface area contributed by atoms with E-state index in [0.717, 1.165) is 6.54 Å². The minimum atomic E-state index is -0.104. The van der Waals surface area contributed by atoms with Gasteiger partial charge in [-0.3, -0.25) is 4.79 Å². The van der Waals surface area contributed by atoms with Gasteiger partial charge in [0.25, 0.3) is 5.91 Å². The molecular formula is C10H16N4O. The first-order chi connectivity index (χ1) is 7.24. The van der Waals surface area contributed by atoms with Crippen LogP contribution in [0, 0.1) is 5.92 Å². The van der Waals surface area contributed by atoms with Gasteiger partial charge < -0.3 is 10.6 Å². The van der Waals surface area contributed by atoms with Gasteiger partial charge >= 0.3 is 0 Å². The number of hydrogen-bond donors (Lipinski definition) is 2. The largest absolute Gasteiger partial charge is 0.352 e. The second-order valence-electron chi connectivity index (χ2n) is 3.50. The maximum absolute atomic E-state index is 11.6. The number of carbonyl (C=O) groups excluding carboxylic acids is 1. The van der Waals surface area contributed by atoms with Gasteiger partial charge in [0.05, 0.1) is 18.0 Å². The number of nitrogens with zero attached hydrogens (tertiary/aromatic N) is 2. The quantitative estimate of drug-likeness (QED) is 0.718. The molecule has 0 saturated carbocycles. The summed E-state index contributed by atoms with van der Waals surface area (Å²) in [4.78, 5) is 11.6. The Labute approximate surface area is 89.3 Å². The fourth-order valence-corrected chi connectivity index (χ4v) is 1.21. The van der Waals surface area contributed by atoms with Gasteiger partial charge in [-0.05, 0) is 25.6 Å². The molecule has 0 fully saturated rings. The molecule has 0 aliphatic rings. The van der Waals surface area contributed by atoms with Crippen LogP contribution >= 0.6 is 0 Å². The van der Waals surface area contributed by atoms with Gasteiger partial charge in [-0.1, -0.05) is 6.92 Å². The van der Waals surface area contributed by atoms with E-state index in [1.807, 2.05) is 7.05 Å². The van der Waals surface area contributed by atoms with Crippen molar-refractivity contribution in [2.75, 3.05) is 20.1 Å². The predicted molar refractivity (Wildman–Crippen MR) is 57.5 cm³/mol. The molecular weight excluding hydrogens is 192 g/mol. The van der Waals surface area contributed by atoms with Crippen molar-refractivity contribution in [2.45, 2.75) is 6.92 Å². The number of carbonyl (C=O) groups is 1. The van der Waals surface area contributed by atoms with Crippen molar-refractivity contribution in [2.24, 2.45) is 5.92 Å². The molecule has 1 amide bonds. The molecule has 0 spiro atoms. The molecule has 1 aromatic heterocycles. The van der Waals surface area contributed by atoms with Crippen LogP contribution in [-0.4, -0.2) is 36.2 Å². The van der Waals surface area contributed by atoms with E-state index in [2.05, 4.69) is 27.8 Å². The van der Waals surface area contributed by atoms with E-state index in [1.54, 1.807) is 6.07 Å². The van der Waals surface area contributed by atoms with E-state index in [9.17, 15) is 4.79 Å². The summed E-state index contributed by atoms with van der Waals surface area (Å²) in [5.74, 6) is 0.307. The second kappa shape index (κ2) is 6.08. The Morgan fingerprint density at radius 3 is 2.87 bits per heavy atom. The average molecular weight is 208 g/mol. The fraction of sp³-hybridized carbons (Fsp3) is 0.500. The molecule has 0 aliphatic heterocycles. The van der Waals surface area contributed by atoms with Crippen molar-refractivity contribution in [1.82, 2.24) is 20.8 Å². The molecule has 0 saturated heterocycles. The molecule has 2 N–H and O–H groups in total. The fourth-order valence-electron chi connectivity index (χ4n) is 1.21. The summed E-state index contributed by atoms with van der Waals surface area (Å²) in [6.07, 6.45) is 2.96. The minimum absolute atomic E-state index is 0.104. The van der Waals surface area contributed by atoms with Crippen LogP contribution in [0.5, 0.6) is 0 Å². The van der Waals surface area contributed by atoms with Crippen LogP contribution in [0.25, 0.3) is 0 Å². The molecule has 1 rings (SSSR count). The topological polar surface area (TPSA) is 66.9 Å². The molecule has 0 aliphatic carbocycles. The lowest BCUT2D eigenvalue weighted by atomic mass is 10.2. The van der Waals surface area contributed by atoms with Gasteiger partial charge in [-0.15, -0.1) is 0 Å². The number of nitrogens with one attached hydrogen (secondary N) is 2. The third-order valence-corrected chi connectivity index (χ3v) is 2.01. The van der Waals surface area contributed by atoms with E-state index in [-0.39, 0.29) is 5.91 Å². The highest BCUT2D eigenvalue weighted by Crippen LogP contribution is 1.95. The van der Waals surface area contributed by atoms with Crippen LogP contribution in [0.4, 0.5) is 0 Å². The summed E-state index contributed by atoms with van der Waals surface area (Å²) in [6, 6.07) is 1.64. The Hall–Kier alpha value is -1.49. The van der Waals surface area contributed by atoms with Crippen LogP contribution in [0.3, 0.4) is 0 Å². The lowest BCUT2D eigenvalue weighted by molar-refractivity contribution is 0.0947. The first-order valence-corrected chi connectivity index (χ1v) is 4.93. The monoisotopic (exact) mass is 208 g/mol. The molecule has 0 bridgehead atoms. The molecule has 1 heterocycles. The first kappa shape index (κ1) is 11.6. The maximum atomic E-state index is 11.6. The highest BCUT2D eigenvalue weighted by atomic mass is 16.1. The number of amides is 1. The highest BCUT2D eigenvalue weighted by molar-refractivity contribution is 5.93. The van der Waals surface area contributed by atoms with Gasteiger partial charge in [-0.25, -0.2) is 0 Å². The molecule has 0 aromatic carbocycles. The van der Waals surface area contributed by atoms with Crippen molar-refractivity contribution in [3.63, 3.8) is 0 Å². The van der Waals surface area contributed by atoms with Gasteiger partial charge in [-0.2, -0.15) is 10.2 Å². The Kier molecular flexibility index (Phi) is 4.70. The number of rotatable bonds is 5. The normalized spacial score (nSPS) is 12.1. The zero-order valence-electron chi connectivity index (χ0n) is 9.03. The molecule has 1 aromatic rings. The van der Waals surface area contributed by atoms with Gasteiger partial charge in [0.15, 0.2) is 0 Å². The molecule has 5 nitrogen and oxygen atoms in total. The Bertz CT molecular complexity index is 302. The van der Waals surface area contributed by atoms with Crippen LogP contribution in [-0.2, 0) is 0 Å². The van der Waals surface area contributed by atoms with E-state index < -0.39 is 0 Å². The highest BCUT2D eigenvalue weighted by Gasteiger charge is 2.06. The van der Waals surface area contributed by atoms with Crippen molar-refractivity contribution >= 4 is 5.91 Å². The lowest BCUT2D eigenvalue weighted by Gasteiger charge is -2.11. The van der Waals surface area contributed by atoms with Gasteiger partial charge in [0, 0.05) is 6.54 Å². The number of aromatic nitrogens is 2. The summed E-state index contributed by atoms with van der Waals surface area (Å²) < 4.78 is 0. The molecule has 0 radical (unpaired) electrons. The standard InChI is InChI=1S/C10H16N4O/c1-8(5-11-2)6-12-10(15)9-3-4-13-14-7-9/h3-4,7-8,11H,5-6H2,1-2H3,(H,12,15). The van der Waals surface area contributed by atoms with Crippen LogP contribution < -0.4 is 10.6 Å². The average Bonchev–Trinajstić information content (AvgIpc) is 2.27. The zero-order valence-corrected chi connectivity index (χ0v) is 9.03. The Morgan fingerprint density at radius 1 is 1.47 bits per heavy atom. The lowest BCUT2D eigenvalue weighted by Crippen LogP contribution is -2.32. The molecule has 1 unspecified atom stereocenters. The van der Waals surface area contributed by atoms with Crippen molar-refractivity contribution in [1.29, 1.82) is 0 Å². The third-order valence-electron chi connectivity index (χ3n) is 2.01. The van der Waals surface area contributed by atoms with E-state index in [4.69, 9.17) is 0 Å². The van der Waals surface area contributed by atoms with E-state index in [0.29, 0.717) is 18.0 Å². The summed E-state index contributed by atoms with van der Waals surface area (Å²) in [7, 11) is 1.89. The molecule has 1 atom stereocenters. The van der Waals surface area contributed by atoms with Crippen LogP contribution in [0.2, 0.25) is 0 Å². The summed E-state index contributed by atoms with van der Waals surface area (Å²) in [5, 5.41) is 13.2. The molecule has 15 heavy (non-hydrogen) atoms. The first-order valence-electron chi connectivity index (χ1n) is 4.93. The third kappa shape index (κ3) is 4.03. The second-order valence-corrected chi connectivity index (χ2v) is 3.50. The van der Waals surface area contributed by atoms with Crippen molar-refractivity contribution < 1.29 is 4.79 Å². The Balaban J connectivity index is 2.37. The SMILES string of the molecule is CNCC(C)CNC(=O)c1ccnnc1. The van der Waals surface area contributed by atoms with Crippen LogP contribution in [0.15, 0.2) is 18.5 Å². The smallest absolute Gasteiger partial charge is 0.252 e. The van der Waals surface area contributed by atoms with Crippen molar-refractivity contribution in [3.05, 3.63) is 24.0 Å². The molecule has 5 heteroatoms. The zero-order chi connectivity index (χ0) is 11.1. The number of hydrogen-bond acceptors (Lipinski definition) is 4. The predicted octanol–water partition coefficient (Wildman–Crippen LogP) is 0.0619. The minimum Gasteiger partial charge on any atom is -0.352 e. The maximum Gasteiger partial charge on any atom is 0.252 e. The summed E-state index contributed by atoms with van der Waals surface area (Å²) in [5.41, 5.74) is 0.543. The van der Waals surface area contributed by atoms with Crippen LogP contribution in [0.1, 0.15) is 17.3 Å². The van der Waals surface area contributed by atoms with E-state index in [1.165, 1.54) is 12.4 Å². The summed E-state index contributed by atoms with van der Waals surface area (Å²) in [6.45, 7) is 3.61. The van der Waals surface area contributed by atoms with Crippen molar-refractivity contribution in [3.8, 4) is 0 Å². The van der Waals surface area contributed by atoms with Gasteiger partial charge in [0.1, 0.15) is 0 Å². The Morgan fingerprint density at radius 2 is 2.27 bits per heavy atom. The van der Waals surface area contributed by atoms with Gasteiger partial charge in [0.2, 0.25) is 0 Å². The summed E-state index contributed by atoms with van der Waals surface area (Å²) >= 11 is 0. The molecule has 82 valence electrons.